The largest absolute Gasteiger partial charge is 0.490 e. The molecule has 0 N–H and O–H groups in total. The van der Waals surface area contributed by atoms with Crippen molar-refractivity contribution in [1.29, 1.82) is 0 Å². The van der Waals surface area contributed by atoms with Gasteiger partial charge in [0.1, 0.15) is 0 Å². The summed E-state index contributed by atoms with van der Waals surface area (Å²) >= 11 is 0. The predicted molar refractivity (Wildman–Crippen MR) is 208 cm³/mol. The fraction of sp³-hybridized carbons (Fsp3) is 0.745. The minimum Gasteiger partial charge on any atom is -0.490 e. The van der Waals surface area contributed by atoms with E-state index in [1.54, 1.807) is 25.1 Å². The molecule has 4 saturated carbocycles. The highest BCUT2D eigenvalue weighted by atomic mass is 19.2. The van der Waals surface area contributed by atoms with Crippen LogP contribution in [0.3, 0.4) is 0 Å². The first-order chi connectivity index (χ1) is 25.2. The van der Waals surface area contributed by atoms with Crippen LogP contribution in [0.2, 0.25) is 0 Å². The minimum absolute atomic E-state index is 0.0515. The number of rotatable bonds is 12. The molecule has 0 aromatic heterocycles. The van der Waals surface area contributed by atoms with Crippen LogP contribution in [0.25, 0.3) is 0 Å². The molecule has 2 aromatic carbocycles. The first-order valence-corrected chi connectivity index (χ1v) is 21.8. The molecular weight excluding hydrogens is 657 g/mol. The molecule has 4 aliphatic carbocycles. The number of unbranched alkanes of at least 4 members (excludes halogenated alkanes) is 1. The van der Waals surface area contributed by atoms with Crippen molar-refractivity contribution in [2.75, 3.05) is 6.61 Å². The van der Waals surface area contributed by atoms with Crippen LogP contribution in [0.15, 0.2) is 24.3 Å². The monoisotopic (exact) mass is 727 g/mol. The van der Waals surface area contributed by atoms with Gasteiger partial charge in [-0.25, -0.2) is 13.2 Å². The number of hydrogen-bond acceptors (Lipinski definition) is 1. The second-order valence-corrected chi connectivity index (χ2v) is 17.4. The van der Waals surface area contributed by atoms with Gasteiger partial charge in [0.05, 0.1) is 6.61 Å². The molecule has 52 heavy (non-hydrogen) atoms. The second kappa shape index (κ2) is 20.6. The van der Waals surface area contributed by atoms with Gasteiger partial charge in [0.15, 0.2) is 23.2 Å². The maximum atomic E-state index is 14.6. The van der Waals surface area contributed by atoms with Gasteiger partial charge in [-0.3, -0.25) is 0 Å². The van der Waals surface area contributed by atoms with Crippen LogP contribution in [0.4, 0.5) is 17.6 Å². The van der Waals surface area contributed by atoms with Gasteiger partial charge in [-0.1, -0.05) is 96.8 Å². The summed E-state index contributed by atoms with van der Waals surface area (Å²) in [6, 6.07) is 6.92. The lowest BCUT2D eigenvalue weighted by molar-refractivity contribution is 0.155. The van der Waals surface area contributed by atoms with E-state index in [2.05, 4.69) is 13.8 Å². The highest BCUT2D eigenvalue weighted by Crippen LogP contribution is 2.47. The van der Waals surface area contributed by atoms with E-state index in [0.29, 0.717) is 23.3 Å². The molecule has 0 saturated heterocycles. The van der Waals surface area contributed by atoms with Crippen LogP contribution >= 0.6 is 0 Å². The molecule has 4 aliphatic rings. The maximum Gasteiger partial charge on any atom is 0.200 e. The van der Waals surface area contributed by atoms with Crippen molar-refractivity contribution < 1.29 is 22.3 Å². The number of hydrogen-bond donors (Lipinski definition) is 0. The standard InChI is InChI=1S/C24H36F2O.C23H34F2/c1-3-5-17-6-8-18(9-7-17)19-10-12-20(13-11-19)21-14-15-22(27-16-4-2)24(26)23(21)25;1-3-4-5-17-7-9-18(10-8-17)19-11-13-20(14-12-19)21-15-6-16(2)22(24)23(21)25/h14-15,17-20H,3-13,16H2,1-2H3;6,15,17-20H,3-5,7-14H2,1-2H3. The van der Waals surface area contributed by atoms with Crippen molar-refractivity contribution >= 4 is 0 Å². The van der Waals surface area contributed by atoms with Crippen molar-refractivity contribution in [2.45, 2.75) is 181 Å². The SMILES string of the molecule is CCCCC1CCC(C2CCC(c3ccc(C)c(F)c3F)CC2)CC1.CCCOc1ccc(C2CCC(C3CCC(CCC)CC3)CC2)c(F)c1F. The zero-order chi connectivity index (χ0) is 37.0. The fourth-order valence-electron chi connectivity index (χ4n) is 10.8. The van der Waals surface area contributed by atoms with E-state index < -0.39 is 23.3 Å². The maximum absolute atomic E-state index is 14.6. The molecule has 0 radical (unpaired) electrons. The van der Waals surface area contributed by atoms with Crippen LogP contribution in [0.1, 0.15) is 191 Å². The van der Waals surface area contributed by atoms with E-state index in [9.17, 15) is 17.6 Å². The van der Waals surface area contributed by atoms with Crippen molar-refractivity contribution in [3.63, 3.8) is 0 Å². The summed E-state index contributed by atoms with van der Waals surface area (Å²) in [6.07, 6.45) is 27.6. The van der Waals surface area contributed by atoms with Gasteiger partial charge >= 0.3 is 0 Å². The third-order valence-electron chi connectivity index (χ3n) is 14.0. The molecule has 0 amide bonds. The van der Waals surface area contributed by atoms with Gasteiger partial charge in [0.2, 0.25) is 5.82 Å². The Hall–Kier alpha value is -2.04. The minimum atomic E-state index is -0.808. The second-order valence-electron chi connectivity index (χ2n) is 17.4. The van der Waals surface area contributed by atoms with Crippen molar-refractivity contribution in [3.05, 3.63) is 64.2 Å². The average Bonchev–Trinajstić information content (AvgIpc) is 3.18. The summed E-state index contributed by atoms with van der Waals surface area (Å²) in [5, 5.41) is 0. The van der Waals surface area contributed by atoms with Crippen LogP contribution < -0.4 is 4.74 Å². The molecule has 4 fully saturated rings. The van der Waals surface area contributed by atoms with Gasteiger partial charge in [-0.15, -0.1) is 0 Å². The molecule has 0 atom stereocenters. The smallest absolute Gasteiger partial charge is 0.200 e. The lowest BCUT2D eigenvalue weighted by atomic mass is 9.68. The number of ether oxygens (including phenoxy) is 1. The Morgan fingerprint density at radius 3 is 1.38 bits per heavy atom. The number of halogens is 4. The summed E-state index contributed by atoms with van der Waals surface area (Å²) in [4.78, 5) is 0. The molecule has 0 heterocycles. The summed E-state index contributed by atoms with van der Waals surface area (Å²) in [5.74, 6) is 2.98. The fourth-order valence-corrected chi connectivity index (χ4v) is 10.8. The highest BCUT2D eigenvalue weighted by Gasteiger charge is 2.34. The number of benzene rings is 2. The van der Waals surface area contributed by atoms with Crippen molar-refractivity contribution in [3.8, 4) is 5.75 Å². The Balaban J connectivity index is 0.000000202. The van der Waals surface area contributed by atoms with Gasteiger partial charge in [0, 0.05) is 0 Å². The molecule has 0 unspecified atom stereocenters. The molecule has 5 heteroatoms. The lowest BCUT2D eigenvalue weighted by Gasteiger charge is -2.38. The topological polar surface area (TPSA) is 9.23 Å². The Bertz CT molecular complexity index is 1340. The lowest BCUT2D eigenvalue weighted by Crippen LogP contribution is -2.25. The van der Waals surface area contributed by atoms with Crippen LogP contribution in [-0.4, -0.2) is 6.61 Å². The van der Waals surface area contributed by atoms with Crippen LogP contribution in [-0.2, 0) is 0 Å². The molecule has 6 rings (SSSR count). The Morgan fingerprint density at radius 1 is 0.481 bits per heavy atom. The van der Waals surface area contributed by atoms with Crippen molar-refractivity contribution in [2.24, 2.45) is 35.5 Å². The number of aryl methyl sites for hydroxylation is 1. The Morgan fingerprint density at radius 2 is 0.923 bits per heavy atom. The van der Waals surface area contributed by atoms with Crippen molar-refractivity contribution in [1.82, 2.24) is 0 Å². The van der Waals surface area contributed by atoms with E-state index in [1.807, 2.05) is 13.0 Å². The molecule has 0 aliphatic heterocycles. The van der Waals surface area contributed by atoms with Gasteiger partial charge in [0.25, 0.3) is 0 Å². The Labute approximate surface area is 314 Å². The third-order valence-corrected chi connectivity index (χ3v) is 14.0. The third kappa shape index (κ3) is 10.8. The predicted octanol–water partition coefficient (Wildman–Crippen LogP) is 15.2. The zero-order valence-corrected chi connectivity index (χ0v) is 33.1. The van der Waals surface area contributed by atoms with E-state index in [-0.39, 0.29) is 17.6 Å². The van der Waals surface area contributed by atoms with Crippen LogP contribution in [0, 0.1) is 65.7 Å². The molecule has 1 nitrogen and oxygen atoms in total. The first-order valence-electron chi connectivity index (χ1n) is 21.8. The van der Waals surface area contributed by atoms with E-state index in [4.69, 9.17) is 4.74 Å². The Kier molecular flexibility index (Phi) is 16.3. The quantitative estimate of drug-likeness (QED) is 0.198. The van der Waals surface area contributed by atoms with E-state index in [1.165, 1.54) is 109 Å². The normalized spacial score (nSPS) is 29.6. The average molecular weight is 727 g/mol. The molecule has 2 aromatic rings. The molecular formula is C47H70F4O. The summed E-state index contributed by atoms with van der Waals surface area (Å²) < 4.78 is 62.3. The highest BCUT2D eigenvalue weighted by molar-refractivity contribution is 5.33. The summed E-state index contributed by atoms with van der Waals surface area (Å²) in [6.45, 7) is 8.58. The van der Waals surface area contributed by atoms with Crippen LogP contribution in [0.5, 0.6) is 5.75 Å². The first kappa shape index (κ1) is 41.1. The van der Waals surface area contributed by atoms with Gasteiger partial charge in [-0.05, 0) is 160 Å². The van der Waals surface area contributed by atoms with Gasteiger partial charge in [-0.2, -0.15) is 4.39 Å². The molecule has 0 spiro atoms. The summed E-state index contributed by atoms with van der Waals surface area (Å²) in [7, 11) is 0. The van der Waals surface area contributed by atoms with Gasteiger partial charge < -0.3 is 4.74 Å². The summed E-state index contributed by atoms with van der Waals surface area (Å²) in [5.41, 5.74) is 1.58. The van der Waals surface area contributed by atoms with E-state index in [0.717, 1.165) is 67.6 Å². The molecule has 0 bridgehead atoms. The zero-order valence-electron chi connectivity index (χ0n) is 33.1. The molecule has 292 valence electrons. The van der Waals surface area contributed by atoms with E-state index >= 15 is 0 Å².